The molecule has 2 N–H and O–H groups in total. The number of aromatic amines is 1. The Morgan fingerprint density at radius 1 is 1.04 bits per heavy atom. The van der Waals surface area contributed by atoms with Crippen LogP contribution in [0.15, 0.2) is 54.7 Å². The first kappa shape index (κ1) is 15.4. The molecule has 0 saturated carbocycles. The van der Waals surface area contributed by atoms with Crippen LogP contribution in [0.5, 0.6) is 0 Å². The molecule has 24 heavy (non-hydrogen) atoms. The number of benzene rings is 2. The SMILES string of the molecule is O[C@H](CN1CCOCC1)c1ccc(-c2cccc3[nH]ccc23)cc1. The molecule has 0 spiro atoms. The van der Waals surface area contributed by atoms with Gasteiger partial charge in [0.2, 0.25) is 0 Å². The number of hydrogen-bond donors (Lipinski definition) is 2. The van der Waals surface area contributed by atoms with Gasteiger partial charge in [0.25, 0.3) is 0 Å². The van der Waals surface area contributed by atoms with Crippen LogP contribution in [0.1, 0.15) is 11.7 Å². The molecule has 0 unspecified atom stereocenters. The minimum Gasteiger partial charge on any atom is -0.387 e. The van der Waals surface area contributed by atoms with Crippen molar-refractivity contribution >= 4 is 10.9 Å². The Morgan fingerprint density at radius 2 is 1.83 bits per heavy atom. The molecule has 1 aliphatic heterocycles. The van der Waals surface area contributed by atoms with E-state index < -0.39 is 6.10 Å². The summed E-state index contributed by atoms with van der Waals surface area (Å²) in [6.07, 6.45) is 1.51. The van der Waals surface area contributed by atoms with Gasteiger partial charge in [-0.2, -0.15) is 0 Å². The van der Waals surface area contributed by atoms with Crippen molar-refractivity contribution in [1.82, 2.24) is 9.88 Å². The van der Waals surface area contributed by atoms with Crippen LogP contribution in [0.25, 0.3) is 22.0 Å². The van der Waals surface area contributed by atoms with Crippen LogP contribution in [-0.4, -0.2) is 47.8 Å². The molecule has 2 aromatic carbocycles. The van der Waals surface area contributed by atoms with Gasteiger partial charge in [0, 0.05) is 36.7 Å². The van der Waals surface area contributed by atoms with E-state index in [2.05, 4.69) is 46.3 Å². The van der Waals surface area contributed by atoms with Crippen LogP contribution in [0.4, 0.5) is 0 Å². The van der Waals surface area contributed by atoms with E-state index in [1.807, 2.05) is 18.3 Å². The van der Waals surface area contributed by atoms with Gasteiger partial charge < -0.3 is 14.8 Å². The zero-order valence-electron chi connectivity index (χ0n) is 13.6. The molecule has 2 heterocycles. The van der Waals surface area contributed by atoms with Crippen molar-refractivity contribution in [2.75, 3.05) is 32.8 Å². The number of β-amino-alcohol motifs (C(OH)–C–C–N with tert-alkyl or cyclic N) is 1. The van der Waals surface area contributed by atoms with Crippen LogP contribution < -0.4 is 0 Å². The summed E-state index contributed by atoms with van der Waals surface area (Å²) in [5.74, 6) is 0. The molecule has 0 aliphatic carbocycles. The number of rotatable bonds is 4. The average Bonchev–Trinajstić information content (AvgIpc) is 3.11. The molecule has 4 rings (SSSR count). The predicted octanol–water partition coefficient (Wildman–Crippen LogP) is 3.20. The third kappa shape index (κ3) is 3.08. The van der Waals surface area contributed by atoms with Crippen molar-refractivity contribution in [2.24, 2.45) is 0 Å². The van der Waals surface area contributed by atoms with Gasteiger partial charge in [0.1, 0.15) is 0 Å². The topological polar surface area (TPSA) is 48.5 Å². The average molecular weight is 322 g/mol. The molecule has 0 amide bonds. The summed E-state index contributed by atoms with van der Waals surface area (Å²) in [7, 11) is 0. The number of aliphatic hydroxyl groups excluding tert-OH is 1. The van der Waals surface area contributed by atoms with Gasteiger partial charge >= 0.3 is 0 Å². The number of hydrogen-bond acceptors (Lipinski definition) is 3. The van der Waals surface area contributed by atoms with Gasteiger partial charge in [-0.15, -0.1) is 0 Å². The summed E-state index contributed by atoms with van der Waals surface area (Å²) in [6, 6.07) is 16.6. The van der Waals surface area contributed by atoms with Crippen LogP contribution in [0.2, 0.25) is 0 Å². The molecule has 124 valence electrons. The van der Waals surface area contributed by atoms with Crippen molar-refractivity contribution in [3.05, 3.63) is 60.3 Å². The largest absolute Gasteiger partial charge is 0.387 e. The van der Waals surface area contributed by atoms with E-state index in [1.54, 1.807) is 0 Å². The highest BCUT2D eigenvalue weighted by molar-refractivity contribution is 5.95. The maximum Gasteiger partial charge on any atom is 0.0916 e. The predicted molar refractivity (Wildman–Crippen MR) is 96.0 cm³/mol. The Balaban J connectivity index is 1.53. The minimum absolute atomic E-state index is 0.458. The minimum atomic E-state index is -0.458. The van der Waals surface area contributed by atoms with E-state index in [1.165, 1.54) is 16.5 Å². The Hall–Kier alpha value is -2.14. The number of aliphatic hydroxyl groups is 1. The lowest BCUT2D eigenvalue weighted by atomic mass is 9.99. The lowest BCUT2D eigenvalue weighted by molar-refractivity contribution is 0.0143. The third-order valence-electron chi connectivity index (χ3n) is 4.74. The summed E-state index contributed by atoms with van der Waals surface area (Å²) in [5, 5.41) is 11.7. The Morgan fingerprint density at radius 3 is 2.62 bits per heavy atom. The number of nitrogens with one attached hydrogen (secondary N) is 1. The number of nitrogens with zero attached hydrogens (tertiary/aromatic N) is 1. The molecule has 4 nitrogen and oxygen atoms in total. The van der Waals surface area contributed by atoms with Gasteiger partial charge in [0.15, 0.2) is 0 Å². The standard InChI is InChI=1S/C20H22N2O2/c23-20(14-22-10-12-24-13-11-22)16-6-4-15(5-7-16)17-2-1-3-19-18(17)8-9-21-19/h1-9,20-21,23H,10-14H2/t20-/m1/s1. The van der Waals surface area contributed by atoms with Gasteiger partial charge in [0.05, 0.1) is 19.3 Å². The van der Waals surface area contributed by atoms with Crippen LogP contribution in [0, 0.1) is 0 Å². The highest BCUT2D eigenvalue weighted by Gasteiger charge is 2.16. The smallest absolute Gasteiger partial charge is 0.0916 e. The fourth-order valence-electron chi connectivity index (χ4n) is 3.36. The second kappa shape index (κ2) is 6.77. The first-order chi connectivity index (χ1) is 11.8. The van der Waals surface area contributed by atoms with E-state index in [0.29, 0.717) is 6.54 Å². The fraction of sp³-hybridized carbons (Fsp3) is 0.300. The quantitative estimate of drug-likeness (QED) is 0.775. The first-order valence-corrected chi connectivity index (χ1v) is 8.46. The van der Waals surface area contributed by atoms with Gasteiger partial charge in [-0.3, -0.25) is 4.90 Å². The van der Waals surface area contributed by atoms with Gasteiger partial charge in [-0.25, -0.2) is 0 Å². The van der Waals surface area contributed by atoms with Gasteiger partial charge in [-0.05, 0) is 28.8 Å². The lowest BCUT2D eigenvalue weighted by Crippen LogP contribution is -2.38. The number of fused-ring (bicyclic) bond motifs is 1. The maximum atomic E-state index is 10.5. The molecule has 4 heteroatoms. The fourth-order valence-corrected chi connectivity index (χ4v) is 3.36. The summed E-state index contributed by atoms with van der Waals surface area (Å²) in [4.78, 5) is 5.50. The van der Waals surface area contributed by atoms with E-state index in [4.69, 9.17) is 4.74 Å². The van der Waals surface area contributed by atoms with E-state index in [0.717, 1.165) is 37.4 Å². The van der Waals surface area contributed by atoms with E-state index in [-0.39, 0.29) is 0 Å². The van der Waals surface area contributed by atoms with Gasteiger partial charge in [-0.1, -0.05) is 36.4 Å². The molecular formula is C20H22N2O2. The van der Waals surface area contributed by atoms with Crippen molar-refractivity contribution in [2.45, 2.75) is 6.10 Å². The third-order valence-corrected chi connectivity index (χ3v) is 4.74. The Bertz CT molecular complexity index is 804. The molecule has 3 aromatic rings. The molecule has 1 aliphatic rings. The number of morpholine rings is 1. The number of H-pyrrole nitrogens is 1. The molecule has 1 saturated heterocycles. The normalized spacial score (nSPS) is 17.2. The second-order valence-electron chi connectivity index (χ2n) is 6.30. The van der Waals surface area contributed by atoms with Crippen LogP contribution in [-0.2, 0) is 4.74 Å². The highest BCUT2D eigenvalue weighted by atomic mass is 16.5. The molecule has 0 radical (unpaired) electrons. The molecule has 1 atom stereocenters. The summed E-state index contributed by atoms with van der Waals surface area (Å²) < 4.78 is 5.35. The molecule has 1 aromatic heterocycles. The summed E-state index contributed by atoms with van der Waals surface area (Å²) >= 11 is 0. The summed E-state index contributed by atoms with van der Waals surface area (Å²) in [6.45, 7) is 3.96. The molecular weight excluding hydrogens is 300 g/mol. The second-order valence-corrected chi connectivity index (χ2v) is 6.30. The number of ether oxygens (including phenoxy) is 1. The van der Waals surface area contributed by atoms with Crippen molar-refractivity contribution in [3.8, 4) is 11.1 Å². The van der Waals surface area contributed by atoms with E-state index >= 15 is 0 Å². The van der Waals surface area contributed by atoms with Crippen LogP contribution in [0.3, 0.4) is 0 Å². The van der Waals surface area contributed by atoms with Crippen LogP contribution >= 0.6 is 0 Å². The highest BCUT2D eigenvalue weighted by Crippen LogP contribution is 2.29. The molecule has 1 fully saturated rings. The first-order valence-electron chi connectivity index (χ1n) is 8.46. The monoisotopic (exact) mass is 322 g/mol. The van der Waals surface area contributed by atoms with E-state index in [9.17, 15) is 5.11 Å². The summed E-state index contributed by atoms with van der Waals surface area (Å²) in [5.41, 5.74) is 4.49. The van der Waals surface area contributed by atoms with Crippen molar-refractivity contribution in [1.29, 1.82) is 0 Å². The lowest BCUT2D eigenvalue weighted by Gasteiger charge is -2.28. The zero-order chi connectivity index (χ0) is 16.4. The van der Waals surface area contributed by atoms with Crippen molar-refractivity contribution in [3.63, 3.8) is 0 Å². The zero-order valence-corrected chi connectivity index (χ0v) is 13.6. The molecule has 0 bridgehead atoms. The maximum absolute atomic E-state index is 10.5. The van der Waals surface area contributed by atoms with Crippen molar-refractivity contribution < 1.29 is 9.84 Å². The Kier molecular flexibility index (Phi) is 4.34. The number of aromatic nitrogens is 1. The Labute approximate surface area is 141 Å².